The molecule has 11 heteroatoms. The summed E-state index contributed by atoms with van der Waals surface area (Å²) < 4.78 is 34.5. The maximum absolute atomic E-state index is 14.3. The first-order valence-electron chi connectivity index (χ1n) is 13.8. The van der Waals surface area contributed by atoms with Crippen molar-refractivity contribution in [3.05, 3.63) is 124 Å². The third kappa shape index (κ3) is 7.91. The maximum atomic E-state index is 14.3. The second kappa shape index (κ2) is 14.6. The number of sulfonamides is 1. The minimum atomic E-state index is -4.26. The largest absolute Gasteiger partial charge is 0.495 e. The van der Waals surface area contributed by atoms with E-state index in [9.17, 15) is 18.0 Å². The topological polar surface area (TPSA) is 96.0 Å². The monoisotopic (exact) mass is 653 g/mol. The molecule has 0 aliphatic rings. The summed E-state index contributed by atoms with van der Waals surface area (Å²) >= 11 is 12.5. The van der Waals surface area contributed by atoms with Crippen LogP contribution in [0.1, 0.15) is 16.7 Å². The average molecular weight is 655 g/mol. The van der Waals surface area contributed by atoms with Crippen LogP contribution >= 0.6 is 23.2 Å². The first-order chi connectivity index (χ1) is 21.0. The molecule has 0 aromatic heterocycles. The summed E-state index contributed by atoms with van der Waals surface area (Å²) in [6, 6.07) is 26.1. The number of hydrogen-bond donors (Lipinski definition) is 1. The summed E-state index contributed by atoms with van der Waals surface area (Å²) in [6.45, 7) is 1.28. The van der Waals surface area contributed by atoms with Crippen LogP contribution in [0.2, 0.25) is 10.0 Å². The van der Waals surface area contributed by atoms with E-state index in [2.05, 4.69) is 5.32 Å². The van der Waals surface area contributed by atoms with Gasteiger partial charge in [-0.25, -0.2) is 8.42 Å². The van der Waals surface area contributed by atoms with E-state index in [1.54, 1.807) is 36.4 Å². The van der Waals surface area contributed by atoms with Crippen LogP contribution in [-0.2, 0) is 32.6 Å². The van der Waals surface area contributed by atoms with E-state index in [4.69, 9.17) is 27.9 Å². The molecule has 0 aliphatic heterocycles. The highest BCUT2D eigenvalue weighted by Gasteiger charge is 2.34. The lowest BCUT2D eigenvalue weighted by Crippen LogP contribution is -2.53. The van der Waals surface area contributed by atoms with Gasteiger partial charge in [0.15, 0.2) is 0 Å². The Kier molecular flexibility index (Phi) is 10.9. The molecule has 0 spiro atoms. The van der Waals surface area contributed by atoms with Gasteiger partial charge in [0.25, 0.3) is 10.0 Å². The third-order valence-electron chi connectivity index (χ3n) is 7.09. The molecule has 0 saturated heterocycles. The number of carbonyl (C=O) groups is 2. The molecular weight excluding hydrogens is 621 g/mol. The van der Waals surface area contributed by atoms with Crippen molar-refractivity contribution < 1.29 is 22.7 Å². The van der Waals surface area contributed by atoms with E-state index in [-0.39, 0.29) is 28.6 Å². The van der Waals surface area contributed by atoms with Crippen molar-refractivity contribution in [3.8, 4) is 5.75 Å². The van der Waals surface area contributed by atoms with Crippen LogP contribution in [0.25, 0.3) is 0 Å². The van der Waals surface area contributed by atoms with Gasteiger partial charge >= 0.3 is 0 Å². The Morgan fingerprint density at radius 1 is 0.886 bits per heavy atom. The molecule has 2 amide bonds. The van der Waals surface area contributed by atoms with Crippen molar-refractivity contribution in [1.82, 2.24) is 10.2 Å². The number of rotatable bonds is 12. The molecule has 0 fully saturated rings. The van der Waals surface area contributed by atoms with Crippen LogP contribution < -0.4 is 14.4 Å². The van der Waals surface area contributed by atoms with E-state index in [0.29, 0.717) is 16.3 Å². The fourth-order valence-electron chi connectivity index (χ4n) is 4.68. The van der Waals surface area contributed by atoms with Gasteiger partial charge in [0, 0.05) is 25.0 Å². The van der Waals surface area contributed by atoms with Crippen LogP contribution in [0.3, 0.4) is 0 Å². The predicted molar refractivity (Wildman–Crippen MR) is 174 cm³/mol. The smallest absolute Gasteiger partial charge is 0.264 e. The van der Waals surface area contributed by atoms with Gasteiger partial charge in [-0.05, 0) is 60.5 Å². The number of benzene rings is 4. The predicted octanol–water partition coefficient (Wildman–Crippen LogP) is 5.89. The fourth-order valence-corrected chi connectivity index (χ4v) is 6.47. The molecular formula is C33H33Cl2N3O5S. The number of nitrogens with one attached hydrogen (secondary N) is 1. The molecule has 4 rings (SSSR count). The van der Waals surface area contributed by atoms with Crippen molar-refractivity contribution in [2.75, 3.05) is 25.0 Å². The lowest BCUT2D eigenvalue weighted by Gasteiger charge is -2.33. The summed E-state index contributed by atoms with van der Waals surface area (Å²) in [5.41, 5.74) is 2.59. The first-order valence-corrected chi connectivity index (χ1v) is 16.0. The number of aryl methyl sites for hydroxylation is 1. The Morgan fingerprint density at radius 2 is 1.55 bits per heavy atom. The Labute approximate surface area is 268 Å². The summed E-state index contributed by atoms with van der Waals surface area (Å²) in [5, 5.41) is 3.36. The Morgan fingerprint density at radius 3 is 2.14 bits per heavy atom. The van der Waals surface area contributed by atoms with Crippen LogP contribution in [0.5, 0.6) is 5.75 Å². The molecule has 44 heavy (non-hydrogen) atoms. The molecule has 230 valence electrons. The highest BCUT2D eigenvalue weighted by Crippen LogP contribution is 2.32. The van der Waals surface area contributed by atoms with Crippen LogP contribution in [0.4, 0.5) is 5.69 Å². The standard InChI is InChI=1S/C33H33Cl2N3O5S/c1-23-9-16-28(17-10-23)44(41,42)38(27-15-18-31(43-3)29(35)20-27)22-32(39)37(21-25-11-13-26(34)14-12-25)30(33(40)36-2)19-24-7-5-4-6-8-24/h4-18,20,30H,19,21-22H2,1-3H3,(H,36,40)/t30-/m1/s1. The number of likely N-dealkylation sites (N-methyl/N-ethyl adjacent to an activating group) is 1. The van der Waals surface area contributed by atoms with Gasteiger partial charge in [0.2, 0.25) is 11.8 Å². The number of ether oxygens (including phenoxy) is 1. The lowest BCUT2D eigenvalue weighted by molar-refractivity contribution is -0.139. The molecule has 1 atom stereocenters. The molecule has 0 saturated carbocycles. The number of amides is 2. The Balaban J connectivity index is 1.80. The number of methoxy groups -OCH3 is 1. The van der Waals surface area contributed by atoms with E-state index < -0.39 is 34.4 Å². The normalized spacial score (nSPS) is 11.8. The fraction of sp³-hybridized carbons (Fsp3) is 0.212. The minimum Gasteiger partial charge on any atom is -0.495 e. The Bertz CT molecular complexity index is 1700. The van der Waals surface area contributed by atoms with Gasteiger partial charge in [-0.1, -0.05) is 83.4 Å². The van der Waals surface area contributed by atoms with Crippen molar-refractivity contribution >= 4 is 50.7 Å². The van der Waals surface area contributed by atoms with Crippen LogP contribution in [0.15, 0.2) is 102 Å². The summed E-state index contributed by atoms with van der Waals surface area (Å²) in [5.74, 6) is -0.634. The maximum Gasteiger partial charge on any atom is 0.264 e. The van der Waals surface area contributed by atoms with Gasteiger partial charge < -0.3 is 15.0 Å². The highest BCUT2D eigenvalue weighted by molar-refractivity contribution is 7.92. The van der Waals surface area contributed by atoms with Crippen LogP contribution in [0, 0.1) is 6.92 Å². The van der Waals surface area contributed by atoms with Gasteiger partial charge in [-0.3, -0.25) is 13.9 Å². The van der Waals surface area contributed by atoms with Gasteiger partial charge in [0.05, 0.1) is 22.7 Å². The summed E-state index contributed by atoms with van der Waals surface area (Å²) in [7, 11) is -1.31. The highest BCUT2D eigenvalue weighted by atomic mass is 35.5. The second-order valence-corrected chi connectivity index (χ2v) is 12.8. The zero-order valence-corrected chi connectivity index (χ0v) is 26.9. The number of halogens is 2. The number of carbonyl (C=O) groups excluding carboxylic acids is 2. The SMILES string of the molecule is CNC(=O)[C@@H](Cc1ccccc1)N(Cc1ccc(Cl)cc1)C(=O)CN(c1ccc(OC)c(Cl)c1)S(=O)(=O)c1ccc(C)cc1. The first kappa shape index (κ1) is 32.9. The molecule has 0 radical (unpaired) electrons. The minimum absolute atomic E-state index is 0.000714. The summed E-state index contributed by atoms with van der Waals surface area (Å²) in [4.78, 5) is 29.1. The number of nitrogens with zero attached hydrogens (tertiary/aromatic N) is 2. The van der Waals surface area contributed by atoms with Crippen molar-refractivity contribution in [2.24, 2.45) is 0 Å². The molecule has 0 aliphatic carbocycles. The van der Waals surface area contributed by atoms with Crippen LogP contribution in [-0.4, -0.2) is 51.9 Å². The lowest BCUT2D eigenvalue weighted by atomic mass is 10.0. The zero-order chi connectivity index (χ0) is 31.9. The number of hydrogen-bond acceptors (Lipinski definition) is 5. The quantitative estimate of drug-likeness (QED) is 0.206. The van der Waals surface area contributed by atoms with Gasteiger partial charge in [0.1, 0.15) is 18.3 Å². The van der Waals surface area contributed by atoms with Gasteiger partial charge in [-0.15, -0.1) is 0 Å². The van der Waals surface area contributed by atoms with E-state index >= 15 is 0 Å². The number of anilines is 1. The zero-order valence-electron chi connectivity index (χ0n) is 24.5. The molecule has 4 aromatic rings. The average Bonchev–Trinajstić information content (AvgIpc) is 3.02. The molecule has 4 aromatic carbocycles. The molecule has 1 N–H and O–H groups in total. The van der Waals surface area contributed by atoms with E-state index in [0.717, 1.165) is 15.4 Å². The van der Waals surface area contributed by atoms with Crippen molar-refractivity contribution in [3.63, 3.8) is 0 Å². The van der Waals surface area contributed by atoms with Crippen molar-refractivity contribution in [2.45, 2.75) is 30.8 Å². The Hall–Kier alpha value is -4.05. The molecule has 8 nitrogen and oxygen atoms in total. The van der Waals surface area contributed by atoms with E-state index in [1.807, 2.05) is 37.3 Å². The van der Waals surface area contributed by atoms with Crippen molar-refractivity contribution in [1.29, 1.82) is 0 Å². The van der Waals surface area contributed by atoms with E-state index in [1.165, 1.54) is 49.4 Å². The third-order valence-corrected chi connectivity index (χ3v) is 9.43. The molecule has 0 heterocycles. The second-order valence-electron chi connectivity index (χ2n) is 10.1. The molecule has 0 unspecified atom stereocenters. The summed E-state index contributed by atoms with van der Waals surface area (Å²) in [6.07, 6.45) is 0.207. The van der Waals surface area contributed by atoms with Gasteiger partial charge in [-0.2, -0.15) is 0 Å². The molecule has 0 bridgehead atoms.